The highest BCUT2D eigenvalue weighted by molar-refractivity contribution is 6.31. The van der Waals surface area contributed by atoms with Crippen LogP contribution in [0.4, 0.5) is 41.0 Å². The number of benzene rings is 2. The number of H-pyrrole nitrogens is 1. The van der Waals surface area contributed by atoms with Crippen molar-refractivity contribution in [2.45, 2.75) is 13.1 Å². The van der Waals surface area contributed by atoms with Crippen LogP contribution >= 0.6 is 11.6 Å². The van der Waals surface area contributed by atoms with E-state index in [1.54, 1.807) is 43.6 Å². The Bertz CT molecular complexity index is 1320. The molecule has 0 saturated heterocycles. The second-order valence-corrected chi connectivity index (χ2v) is 7.68. The number of carbonyl (C=O) groups excluding carboxylic acids is 1. The van der Waals surface area contributed by atoms with Crippen LogP contribution < -0.4 is 16.0 Å². The number of halogens is 4. The maximum Gasteiger partial charge on any atom is 0.417 e. The van der Waals surface area contributed by atoms with Crippen molar-refractivity contribution in [1.82, 2.24) is 15.0 Å². The number of rotatable bonds is 5. The number of anilines is 4. The van der Waals surface area contributed by atoms with Gasteiger partial charge < -0.3 is 20.9 Å². The van der Waals surface area contributed by atoms with Gasteiger partial charge in [0.1, 0.15) is 0 Å². The minimum atomic E-state index is -4.64. The Morgan fingerprint density at radius 2 is 1.82 bits per heavy atom. The fourth-order valence-corrected chi connectivity index (χ4v) is 3.35. The first-order chi connectivity index (χ1) is 16.2. The highest BCUT2D eigenvalue weighted by Crippen LogP contribution is 2.36. The molecule has 0 saturated carbocycles. The Kier molecular flexibility index (Phi) is 6.42. The lowest BCUT2D eigenvalue weighted by Gasteiger charge is -2.14. The highest BCUT2D eigenvalue weighted by atomic mass is 35.5. The van der Waals surface area contributed by atoms with Gasteiger partial charge in [-0.05, 0) is 61.0 Å². The smallest absolute Gasteiger partial charge is 0.360 e. The largest absolute Gasteiger partial charge is 0.417 e. The van der Waals surface area contributed by atoms with Crippen LogP contribution in [0.15, 0.2) is 67.0 Å². The molecule has 0 aliphatic rings. The molecular formula is C23H18ClF3N6O. The van der Waals surface area contributed by atoms with Crippen LogP contribution in [0.1, 0.15) is 11.1 Å². The lowest BCUT2D eigenvalue weighted by Crippen LogP contribution is -2.20. The molecule has 0 spiro atoms. The summed E-state index contributed by atoms with van der Waals surface area (Å²) < 4.78 is 39.2. The Hall–Kier alpha value is -4.05. The van der Waals surface area contributed by atoms with Gasteiger partial charge in [-0.1, -0.05) is 17.7 Å². The molecule has 0 radical (unpaired) electrons. The van der Waals surface area contributed by atoms with Gasteiger partial charge in [0.2, 0.25) is 5.95 Å². The van der Waals surface area contributed by atoms with Crippen LogP contribution in [0, 0.1) is 6.92 Å². The number of aryl methyl sites for hydroxylation is 1. The summed E-state index contributed by atoms with van der Waals surface area (Å²) >= 11 is 5.62. The quantitative estimate of drug-likeness (QED) is 0.248. The van der Waals surface area contributed by atoms with Gasteiger partial charge in [-0.2, -0.15) is 13.2 Å². The van der Waals surface area contributed by atoms with E-state index in [0.717, 1.165) is 23.4 Å². The van der Waals surface area contributed by atoms with Crippen molar-refractivity contribution in [2.24, 2.45) is 0 Å². The summed E-state index contributed by atoms with van der Waals surface area (Å²) in [4.78, 5) is 24.2. The summed E-state index contributed by atoms with van der Waals surface area (Å²) in [6.45, 7) is 1.78. The van der Waals surface area contributed by atoms with Crippen molar-refractivity contribution in [3.8, 4) is 11.4 Å². The predicted molar refractivity (Wildman–Crippen MR) is 125 cm³/mol. The molecular weight excluding hydrogens is 469 g/mol. The molecule has 11 heteroatoms. The molecule has 174 valence electrons. The van der Waals surface area contributed by atoms with Crippen LogP contribution in [0.2, 0.25) is 5.02 Å². The number of aromatic nitrogens is 3. The third-order valence-electron chi connectivity index (χ3n) is 4.80. The second-order valence-electron chi connectivity index (χ2n) is 7.28. The van der Waals surface area contributed by atoms with E-state index >= 15 is 0 Å². The number of urea groups is 1. The van der Waals surface area contributed by atoms with E-state index in [1.807, 2.05) is 12.1 Å². The van der Waals surface area contributed by atoms with Gasteiger partial charge in [0, 0.05) is 29.5 Å². The van der Waals surface area contributed by atoms with Crippen LogP contribution in [0.3, 0.4) is 0 Å². The van der Waals surface area contributed by atoms with E-state index in [1.165, 1.54) is 6.07 Å². The molecule has 2 heterocycles. The second kappa shape index (κ2) is 9.44. The minimum absolute atomic E-state index is 0.0457. The molecule has 4 rings (SSSR count). The zero-order valence-corrected chi connectivity index (χ0v) is 18.4. The summed E-state index contributed by atoms with van der Waals surface area (Å²) in [7, 11) is 0. The average molecular weight is 487 g/mol. The van der Waals surface area contributed by atoms with Crippen LogP contribution in [0.25, 0.3) is 11.4 Å². The molecule has 4 aromatic rings. The lowest BCUT2D eigenvalue weighted by molar-refractivity contribution is -0.137. The fourth-order valence-electron chi connectivity index (χ4n) is 3.13. The maximum absolute atomic E-state index is 13.1. The third-order valence-corrected chi connectivity index (χ3v) is 5.13. The molecule has 2 aromatic carbocycles. The van der Waals surface area contributed by atoms with Crippen LogP contribution in [-0.2, 0) is 6.18 Å². The number of nitrogens with one attached hydrogen (secondary N) is 4. The fraction of sp³-hybridized carbons (Fsp3) is 0.0870. The Labute approximate surface area is 197 Å². The van der Waals surface area contributed by atoms with Gasteiger partial charge in [0.15, 0.2) is 0 Å². The summed E-state index contributed by atoms with van der Waals surface area (Å²) in [5, 5.41) is 7.66. The van der Waals surface area contributed by atoms with Gasteiger partial charge in [-0.15, -0.1) is 0 Å². The number of carbonyl (C=O) groups is 1. The van der Waals surface area contributed by atoms with Gasteiger partial charge in [0.25, 0.3) is 0 Å². The molecule has 4 N–H and O–H groups in total. The molecule has 7 nitrogen and oxygen atoms in total. The number of nitrogens with zero attached hydrogens (tertiary/aromatic N) is 2. The zero-order chi connectivity index (χ0) is 24.3. The van der Waals surface area contributed by atoms with Crippen LogP contribution in [0.5, 0.6) is 0 Å². The number of amides is 2. The molecule has 0 atom stereocenters. The molecule has 0 aliphatic heterocycles. The summed E-state index contributed by atoms with van der Waals surface area (Å²) in [6, 6.07) is 13.2. The molecule has 0 unspecified atom stereocenters. The van der Waals surface area contributed by atoms with E-state index in [9.17, 15) is 18.0 Å². The first-order valence-electron chi connectivity index (χ1n) is 9.98. The molecule has 0 bridgehead atoms. The lowest BCUT2D eigenvalue weighted by atomic mass is 10.1. The Morgan fingerprint density at radius 3 is 2.56 bits per heavy atom. The first-order valence-corrected chi connectivity index (χ1v) is 10.4. The molecule has 2 amide bonds. The molecule has 2 aromatic heterocycles. The van der Waals surface area contributed by atoms with Crippen molar-refractivity contribution < 1.29 is 18.0 Å². The maximum atomic E-state index is 13.1. The zero-order valence-electron chi connectivity index (χ0n) is 17.7. The Morgan fingerprint density at radius 1 is 1.03 bits per heavy atom. The topological polar surface area (TPSA) is 94.7 Å². The predicted octanol–water partition coefficient (Wildman–Crippen LogP) is 6.84. The van der Waals surface area contributed by atoms with E-state index < -0.39 is 22.8 Å². The van der Waals surface area contributed by atoms with Gasteiger partial charge in [-0.25, -0.2) is 14.8 Å². The van der Waals surface area contributed by atoms with E-state index in [0.29, 0.717) is 23.0 Å². The van der Waals surface area contributed by atoms with Crippen molar-refractivity contribution >= 4 is 40.6 Å². The Balaban J connectivity index is 1.48. The third kappa shape index (κ3) is 5.46. The SMILES string of the molecule is Cc1ccc(Nc2nccc(-c3ccc[nH]3)n2)cc1NC(=O)Nc1ccc(Cl)c(C(F)(F)F)c1. The average Bonchev–Trinajstić information content (AvgIpc) is 3.32. The normalized spacial score (nSPS) is 11.2. The minimum Gasteiger partial charge on any atom is -0.360 e. The van der Waals surface area contributed by atoms with Gasteiger partial charge in [-0.3, -0.25) is 0 Å². The van der Waals surface area contributed by atoms with Crippen molar-refractivity contribution in [3.63, 3.8) is 0 Å². The van der Waals surface area contributed by atoms with E-state index in [2.05, 4.69) is 30.9 Å². The monoisotopic (exact) mass is 486 g/mol. The van der Waals surface area contributed by atoms with Gasteiger partial charge in [0.05, 0.1) is 22.0 Å². The van der Waals surface area contributed by atoms with E-state index in [4.69, 9.17) is 11.6 Å². The van der Waals surface area contributed by atoms with Crippen molar-refractivity contribution in [3.05, 3.63) is 83.1 Å². The van der Waals surface area contributed by atoms with Crippen molar-refractivity contribution in [2.75, 3.05) is 16.0 Å². The molecule has 0 aliphatic carbocycles. The highest BCUT2D eigenvalue weighted by Gasteiger charge is 2.33. The summed E-state index contributed by atoms with van der Waals surface area (Å²) in [5.41, 5.74) is 2.27. The standard InChI is InChI=1S/C23H18ClF3N6O/c1-13-4-5-15(30-21-29-10-8-19(32-21)18-3-2-9-28-18)12-20(13)33-22(34)31-14-6-7-17(24)16(11-14)23(25,26)27/h2-12,28H,1H3,(H,29,30,32)(H2,31,33,34). The molecule has 0 fully saturated rings. The number of aromatic amines is 1. The van der Waals surface area contributed by atoms with Gasteiger partial charge >= 0.3 is 12.2 Å². The summed E-state index contributed by atoms with van der Waals surface area (Å²) in [5.74, 6) is 0.354. The number of hydrogen-bond acceptors (Lipinski definition) is 4. The number of hydrogen-bond donors (Lipinski definition) is 4. The van der Waals surface area contributed by atoms with Crippen LogP contribution in [-0.4, -0.2) is 21.0 Å². The van der Waals surface area contributed by atoms with E-state index in [-0.39, 0.29) is 5.69 Å². The van der Waals surface area contributed by atoms with Crippen molar-refractivity contribution in [1.29, 1.82) is 0 Å². The molecule has 34 heavy (non-hydrogen) atoms. The summed E-state index contributed by atoms with van der Waals surface area (Å²) in [6.07, 6.45) is -1.23. The number of alkyl halides is 3. The first kappa shape index (κ1) is 23.1.